The summed E-state index contributed by atoms with van der Waals surface area (Å²) in [5.74, 6) is 1.60. The van der Waals surface area contributed by atoms with Gasteiger partial charge in [-0.1, -0.05) is 5.92 Å². The molecule has 0 atom stereocenters. The molecule has 0 aromatic heterocycles. The number of alkyl halides is 3. The number of nitrogens with one attached hydrogen (secondary N) is 1. The Kier molecular flexibility index (Phi) is 5.37. The number of hydrogen-bond acceptors (Lipinski definition) is 2. The molecule has 1 aromatic rings. The molecule has 1 aliphatic heterocycles. The first-order valence-electron chi connectivity index (χ1n) is 7.19. The lowest BCUT2D eigenvalue weighted by Gasteiger charge is -2.32. The zero-order valence-corrected chi connectivity index (χ0v) is 12.4. The van der Waals surface area contributed by atoms with Crippen LogP contribution in [0.2, 0.25) is 0 Å². The summed E-state index contributed by atoms with van der Waals surface area (Å²) in [4.78, 5) is 13.5. The van der Waals surface area contributed by atoms with Gasteiger partial charge in [0.2, 0.25) is 0 Å². The van der Waals surface area contributed by atoms with Crippen molar-refractivity contribution < 1.29 is 22.7 Å². The van der Waals surface area contributed by atoms with E-state index in [4.69, 9.17) is 11.2 Å². The number of benzene rings is 1. The van der Waals surface area contributed by atoms with Gasteiger partial charge in [0.25, 0.3) is 0 Å². The van der Waals surface area contributed by atoms with E-state index in [0.29, 0.717) is 11.4 Å². The van der Waals surface area contributed by atoms with Gasteiger partial charge in [-0.15, -0.1) is 6.42 Å². The van der Waals surface area contributed by atoms with Crippen molar-refractivity contribution in [1.82, 2.24) is 4.90 Å². The zero-order chi connectivity index (χ0) is 16.9. The van der Waals surface area contributed by atoms with Gasteiger partial charge in [-0.3, -0.25) is 0 Å². The Balaban J connectivity index is 1.84. The minimum absolute atomic E-state index is 0.0597. The van der Waals surface area contributed by atoms with Crippen molar-refractivity contribution in [2.75, 3.05) is 25.0 Å². The lowest BCUT2D eigenvalue weighted by atomic mass is 9.96. The summed E-state index contributed by atoms with van der Waals surface area (Å²) >= 11 is 0. The van der Waals surface area contributed by atoms with Crippen LogP contribution in [0, 0.1) is 18.3 Å². The summed E-state index contributed by atoms with van der Waals surface area (Å²) in [6, 6.07) is 6.20. The second-order valence-electron chi connectivity index (χ2n) is 5.25. The highest BCUT2D eigenvalue weighted by molar-refractivity contribution is 5.89. The smallest absolute Gasteiger partial charge is 0.391 e. The van der Waals surface area contributed by atoms with E-state index >= 15 is 0 Å². The maximum absolute atomic E-state index is 12.6. The van der Waals surface area contributed by atoms with Crippen molar-refractivity contribution in [2.45, 2.75) is 19.0 Å². The van der Waals surface area contributed by atoms with Crippen LogP contribution in [0.1, 0.15) is 12.8 Å². The molecule has 124 valence electrons. The van der Waals surface area contributed by atoms with Crippen molar-refractivity contribution in [3.8, 4) is 18.1 Å². The summed E-state index contributed by atoms with van der Waals surface area (Å²) in [6.07, 6.45) is 0.780. The first kappa shape index (κ1) is 17.0. The van der Waals surface area contributed by atoms with E-state index in [-0.39, 0.29) is 32.5 Å². The van der Waals surface area contributed by atoms with Gasteiger partial charge >= 0.3 is 12.2 Å². The van der Waals surface area contributed by atoms with E-state index in [9.17, 15) is 18.0 Å². The Morgan fingerprint density at radius 1 is 1.30 bits per heavy atom. The maximum Gasteiger partial charge on any atom is 0.391 e. The summed E-state index contributed by atoms with van der Waals surface area (Å²) in [6.45, 7) is 0.346. The fraction of sp³-hybridized carbons (Fsp3) is 0.438. The molecule has 1 aliphatic rings. The van der Waals surface area contributed by atoms with Crippen molar-refractivity contribution in [2.24, 2.45) is 5.92 Å². The minimum atomic E-state index is -4.18. The number of amides is 2. The topological polar surface area (TPSA) is 41.6 Å². The molecule has 0 spiro atoms. The molecular formula is C16H17F3N2O2. The van der Waals surface area contributed by atoms with Gasteiger partial charge in [0.1, 0.15) is 12.4 Å². The summed E-state index contributed by atoms with van der Waals surface area (Å²) in [5.41, 5.74) is 0.543. The molecule has 4 nitrogen and oxygen atoms in total. The van der Waals surface area contributed by atoms with Gasteiger partial charge in [0.05, 0.1) is 5.92 Å². The van der Waals surface area contributed by atoms with Crippen molar-refractivity contribution in [3.05, 3.63) is 24.3 Å². The van der Waals surface area contributed by atoms with Crippen LogP contribution in [-0.2, 0) is 0 Å². The van der Waals surface area contributed by atoms with Gasteiger partial charge in [-0.2, -0.15) is 13.2 Å². The highest BCUT2D eigenvalue weighted by Gasteiger charge is 2.41. The SMILES string of the molecule is C#CCOc1ccc(NC(=O)N2CCC(C(F)(F)F)CC2)cc1. The number of halogens is 3. The molecule has 7 heteroatoms. The van der Waals surface area contributed by atoms with Crippen LogP contribution in [0.3, 0.4) is 0 Å². The number of anilines is 1. The van der Waals surface area contributed by atoms with Crippen molar-refractivity contribution in [3.63, 3.8) is 0 Å². The second kappa shape index (κ2) is 7.27. The Hall–Kier alpha value is -2.36. The van der Waals surface area contributed by atoms with E-state index in [2.05, 4.69) is 11.2 Å². The molecule has 2 rings (SSSR count). The van der Waals surface area contributed by atoms with Crippen LogP contribution in [0.15, 0.2) is 24.3 Å². The third-order valence-electron chi connectivity index (χ3n) is 3.67. The van der Waals surface area contributed by atoms with E-state index in [1.54, 1.807) is 24.3 Å². The Morgan fingerprint density at radius 3 is 2.43 bits per heavy atom. The normalized spacial score (nSPS) is 15.8. The van der Waals surface area contributed by atoms with Gasteiger partial charge in [-0.25, -0.2) is 4.79 Å². The van der Waals surface area contributed by atoms with Gasteiger partial charge in [-0.05, 0) is 37.1 Å². The van der Waals surface area contributed by atoms with Crippen molar-refractivity contribution >= 4 is 11.7 Å². The molecule has 0 bridgehead atoms. The molecule has 1 heterocycles. The summed E-state index contributed by atoms with van der Waals surface area (Å²) in [7, 11) is 0. The van der Waals surface area contributed by atoms with E-state index in [0.717, 1.165) is 0 Å². The quantitative estimate of drug-likeness (QED) is 0.864. The van der Waals surface area contributed by atoms with Crippen LogP contribution < -0.4 is 10.1 Å². The molecule has 2 amide bonds. The van der Waals surface area contributed by atoms with E-state index in [1.807, 2.05) is 0 Å². The van der Waals surface area contributed by atoms with Crippen LogP contribution in [-0.4, -0.2) is 36.8 Å². The second-order valence-corrected chi connectivity index (χ2v) is 5.25. The molecule has 0 unspecified atom stereocenters. The first-order valence-corrected chi connectivity index (χ1v) is 7.19. The Labute approximate surface area is 132 Å². The Morgan fingerprint density at radius 2 is 1.91 bits per heavy atom. The monoisotopic (exact) mass is 326 g/mol. The largest absolute Gasteiger partial charge is 0.481 e. The Bertz CT molecular complexity index is 570. The number of likely N-dealkylation sites (tertiary alicyclic amines) is 1. The summed E-state index contributed by atoms with van der Waals surface area (Å²) in [5, 5.41) is 2.66. The van der Waals surface area contributed by atoms with Gasteiger partial charge in [0.15, 0.2) is 0 Å². The van der Waals surface area contributed by atoms with Gasteiger partial charge < -0.3 is 15.0 Å². The minimum Gasteiger partial charge on any atom is -0.481 e. The third-order valence-corrected chi connectivity index (χ3v) is 3.67. The molecule has 0 aliphatic carbocycles. The van der Waals surface area contributed by atoms with Crippen LogP contribution in [0.25, 0.3) is 0 Å². The van der Waals surface area contributed by atoms with Gasteiger partial charge in [0, 0.05) is 18.8 Å². The number of piperidine rings is 1. The number of ether oxygens (including phenoxy) is 1. The highest BCUT2D eigenvalue weighted by Crippen LogP contribution is 2.34. The fourth-order valence-corrected chi connectivity index (χ4v) is 2.37. The predicted octanol–water partition coefficient (Wildman–Crippen LogP) is 3.50. The van der Waals surface area contributed by atoms with Crippen LogP contribution in [0.5, 0.6) is 5.75 Å². The highest BCUT2D eigenvalue weighted by atomic mass is 19.4. The van der Waals surface area contributed by atoms with Crippen LogP contribution >= 0.6 is 0 Å². The molecule has 1 fully saturated rings. The molecule has 1 aromatic carbocycles. The lowest BCUT2D eigenvalue weighted by molar-refractivity contribution is -0.183. The summed E-state index contributed by atoms with van der Waals surface area (Å²) < 4.78 is 43.0. The zero-order valence-electron chi connectivity index (χ0n) is 12.4. The predicted molar refractivity (Wildman–Crippen MR) is 80.1 cm³/mol. The average molecular weight is 326 g/mol. The molecular weight excluding hydrogens is 309 g/mol. The lowest BCUT2D eigenvalue weighted by Crippen LogP contribution is -2.43. The number of terminal acetylenes is 1. The number of urea groups is 1. The van der Waals surface area contributed by atoms with E-state index in [1.165, 1.54) is 4.90 Å². The maximum atomic E-state index is 12.6. The number of rotatable bonds is 3. The van der Waals surface area contributed by atoms with E-state index < -0.39 is 18.1 Å². The molecule has 1 saturated heterocycles. The third kappa shape index (κ3) is 4.81. The molecule has 1 N–H and O–H groups in total. The molecule has 0 saturated carbocycles. The molecule has 23 heavy (non-hydrogen) atoms. The molecule has 0 radical (unpaired) electrons. The van der Waals surface area contributed by atoms with Crippen LogP contribution in [0.4, 0.5) is 23.7 Å². The average Bonchev–Trinajstić information content (AvgIpc) is 2.53. The number of hydrogen-bond donors (Lipinski definition) is 1. The number of carbonyl (C=O) groups excluding carboxylic acids is 1. The fourth-order valence-electron chi connectivity index (χ4n) is 2.37. The standard InChI is InChI=1S/C16H17F3N2O2/c1-2-11-23-14-5-3-13(4-6-14)20-15(22)21-9-7-12(8-10-21)16(17,18)19/h1,3-6,12H,7-11H2,(H,20,22). The number of nitrogens with zero attached hydrogens (tertiary/aromatic N) is 1. The van der Waals surface area contributed by atoms with Crippen molar-refractivity contribution in [1.29, 1.82) is 0 Å². The first-order chi connectivity index (χ1) is 10.9. The number of carbonyl (C=O) groups is 1.